The number of carbonyl (C=O) groups excluding carboxylic acids is 1. The molecule has 10 rings (SSSR count). The molecule has 10 heterocycles. The topological polar surface area (TPSA) is 131 Å². The third kappa shape index (κ3) is 6.53. The van der Waals surface area contributed by atoms with Gasteiger partial charge in [-0.15, -0.1) is 0 Å². The van der Waals surface area contributed by atoms with Crippen LogP contribution >= 0.6 is 0 Å². The van der Waals surface area contributed by atoms with Crippen molar-refractivity contribution < 1.29 is 52.9 Å². The number of aliphatic hydroxyl groups excluding tert-OH is 2. The van der Waals surface area contributed by atoms with Gasteiger partial charge in [0.15, 0.2) is 5.79 Å². The van der Waals surface area contributed by atoms with Crippen molar-refractivity contribution in [3.05, 3.63) is 24.3 Å². The molecule has 284 valence electrons. The first-order valence-corrected chi connectivity index (χ1v) is 20.0. The summed E-state index contributed by atoms with van der Waals surface area (Å²) in [4.78, 5) is 14.0. The molecule has 0 aliphatic carbocycles. The smallest absolute Gasteiger partial charge is 0.172 e. The van der Waals surface area contributed by atoms with Crippen molar-refractivity contribution in [2.24, 2.45) is 17.8 Å². The van der Waals surface area contributed by atoms with Gasteiger partial charge in [-0.2, -0.15) is 0 Å². The number of Topliss-reactive ketones (excluding diaryl/α,β-unsaturated/α-hetero) is 1. The fourth-order valence-corrected chi connectivity index (χ4v) is 11.3. The Balaban J connectivity index is 0.986. The molecule has 11 nitrogen and oxygen atoms in total. The lowest BCUT2D eigenvalue weighted by atomic mass is 9.79. The van der Waals surface area contributed by atoms with Gasteiger partial charge in [-0.05, 0) is 73.8 Å². The molecule has 19 atom stereocenters. The van der Waals surface area contributed by atoms with E-state index >= 15 is 0 Å². The quantitative estimate of drug-likeness (QED) is 0.410. The first kappa shape index (κ1) is 35.5. The average Bonchev–Trinajstić information content (AvgIpc) is 3.77. The van der Waals surface area contributed by atoms with E-state index in [9.17, 15) is 15.0 Å². The highest BCUT2D eigenvalue weighted by molar-refractivity contribution is 5.79. The Kier molecular flexibility index (Phi) is 9.59. The van der Waals surface area contributed by atoms with E-state index in [-0.39, 0.29) is 110 Å². The summed E-state index contributed by atoms with van der Waals surface area (Å²) in [7, 11) is 0. The summed E-state index contributed by atoms with van der Waals surface area (Å²) in [6.45, 7) is 12.9. The van der Waals surface area contributed by atoms with Gasteiger partial charge in [0.2, 0.25) is 0 Å². The maximum absolute atomic E-state index is 14.0. The minimum absolute atomic E-state index is 0.00894. The van der Waals surface area contributed by atoms with E-state index in [1.165, 1.54) is 0 Å². The van der Waals surface area contributed by atoms with Crippen molar-refractivity contribution in [3.63, 3.8) is 0 Å². The zero-order chi connectivity index (χ0) is 35.2. The standard InChI is InChI=1S/C40H58O11/c1-19-11-25-5-7-29-20(2)12-27(44-29)9-10-40-17-34-36(50-40)37-38(49-34)39(51-40)35-30(48-37)8-6-26(46-35)13-23(42)14-28-22(4)31(15-24(43)18-41)47-33(28)16-32(45-25)21(19)3/h19,22,24-39,41,43H,2-3,5-18H2,1,4H3/t19-,22-,24+,25+,26?,27?,28-,29?,30+,31-,32?,33+,34-,35+,36+,37+,38-,39+,40+/m1/s1. The molecule has 51 heavy (non-hydrogen) atoms. The van der Waals surface area contributed by atoms with E-state index in [1.807, 2.05) is 0 Å². The van der Waals surface area contributed by atoms with E-state index in [0.717, 1.165) is 56.1 Å². The SMILES string of the molecule is C=C1CC2CC[C@@]34C[C@H]5O[C@H]6[C@@H](O3)[C@H]3OC(CC[C@@H]3O[C@H]6[C@H]5O4)CC(=O)C[C@@H]3[C@@H](C)[C@@H](C[C@H](O)CO)O[C@H]3CC3O[C@@H](CCC1O2)C[C@@H](C)C3=C. The number of aliphatic hydroxyl groups is 2. The molecule has 0 aromatic rings. The van der Waals surface area contributed by atoms with Crippen LogP contribution in [0.5, 0.6) is 0 Å². The number of hydrogen-bond donors (Lipinski definition) is 2. The molecule has 2 N–H and O–H groups in total. The Hall–Kier alpha value is -1.25. The maximum atomic E-state index is 14.0. The van der Waals surface area contributed by atoms with Gasteiger partial charge in [-0.1, -0.05) is 27.0 Å². The molecule has 10 saturated heterocycles. The van der Waals surface area contributed by atoms with E-state index in [0.29, 0.717) is 44.4 Å². The van der Waals surface area contributed by atoms with Crippen molar-refractivity contribution in [3.8, 4) is 0 Å². The number of ether oxygens (including phenoxy) is 8. The largest absolute Gasteiger partial charge is 0.394 e. The molecule has 10 fully saturated rings. The molecular weight excluding hydrogens is 656 g/mol. The second kappa shape index (κ2) is 13.8. The zero-order valence-corrected chi connectivity index (χ0v) is 30.3. The normalized spacial score (nSPS) is 53.2. The molecule has 10 aliphatic heterocycles. The van der Waals surface area contributed by atoms with Crippen LogP contribution in [0.4, 0.5) is 0 Å². The lowest BCUT2D eigenvalue weighted by molar-refractivity contribution is -0.292. The monoisotopic (exact) mass is 714 g/mol. The summed E-state index contributed by atoms with van der Waals surface area (Å²) in [6.07, 6.45) is 5.65. The summed E-state index contributed by atoms with van der Waals surface area (Å²) >= 11 is 0. The van der Waals surface area contributed by atoms with E-state index in [1.54, 1.807) is 0 Å². The molecule has 0 amide bonds. The van der Waals surface area contributed by atoms with Crippen LogP contribution in [0.15, 0.2) is 24.3 Å². The summed E-state index contributed by atoms with van der Waals surface area (Å²) in [5.41, 5.74) is 2.22. The molecule has 10 aliphatic rings. The van der Waals surface area contributed by atoms with Crippen LogP contribution in [0, 0.1) is 17.8 Å². The van der Waals surface area contributed by atoms with Gasteiger partial charge in [0.25, 0.3) is 0 Å². The fourth-order valence-electron chi connectivity index (χ4n) is 11.3. The molecule has 0 aromatic carbocycles. The van der Waals surface area contributed by atoms with Crippen molar-refractivity contribution in [1.82, 2.24) is 0 Å². The third-order valence-electron chi connectivity index (χ3n) is 14.1. The van der Waals surface area contributed by atoms with E-state index in [2.05, 4.69) is 27.0 Å². The minimum Gasteiger partial charge on any atom is -0.394 e. The first-order chi connectivity index (χ1) is 24.6. The van der Waals surface area contributed by atoms with Crippen LogP contribution < -0.4 is 0 Å². The fraction of sp³-hybridized carbons (Fsp3) is 0.875. The van der Waals surface area contributed by atoms with Crippen LogP contribution in [-0.2, 0) is 42.7 Å². The summed E-state index contributed by atoms with van der Waals surface area (Å²) in [5.74, 6) is -0.367. The lowest BCUT2D eigenvalue weighted by Crippen LogP contribution is -2.61. The highest BCUT2D eigenvalue weighted by Crippen LogP contribution is 2.54. The summed E-state index contributed by atoms with van der Waals surface area (Å²) in [6, 6.07) is 0. The summed E-state index contributed by atoms with van der Waals surface area (Å²) in [5, 5.41) is 20.0. The predicted molar refractivity (Wildman–Crippen MR) is 183 cm³/mol. The molecule has 12 bridgehead atoms. The van der Waals surface area contributed by atoms with E-state index < -0.39 is 11.9 Å². The molecule has 4 unspecified atom stereocenters. The second-order valence-electron chi connectivity index (χ2n) is 17.5. The lowest BCUT2D eigenvalue weighted by Gasteiger charge is -2.47. The van der Waals surface area contributed by atoms with Gasteiger partial charge in [0.05, 0.1) is 67.6 Å². The van der Waals surface area contributed by atoms with Gasteiger partial charge in [-0.25, -0.2) is 0 Å². The van der Waals surface area contributed by atoms with Crippen molar-refractivity contribution in [1.29, 1.82) is 0 Å². The number of ketones is 1. The maximum Gasteiger partial charge on any atom is 0.172 e. The Morgan fingerprint density at radius 3 is 2.33 bits per heavy atom. The number of carbonyl (C=O) groups is 1. The van der Waals surface area contributed by atoms with Crippen molar-refractivity contribution >= 4 is 5.78 Å². The summed E-state index contributed by atoms with van der Waals surface area (Å²) < 4.78 is 53.9. The van der Waals surface area contributed by atoms with Gasteiger partial charge < -0.3 is 48.1 Å². The van der Waals surface area contributed by atoms with Gasteiger partial charge in [0.1, 0.15) is 36.3 Å². The first-order valence-electron chi connectivity index (χ1n) is 20.0. The van der Waals surface area contributed by atoms with Crippen molar-refractivity contribution in [2.75, 3.05) is 6.61 Å². The van der Waals surface area contributed by atoms with Crippen LogP contribution in [0.3, 0.4) is 0 Å². The molecule has 1 spiro atoms. The molecule has 0 aromatic heterocycles. The van der Waals surface area contributed by atoms with Gasteiger partial charge in [0, 0.05) is 38.5 Å². The Morgan fingerprint density at radius 1 is 0.745 bits per heavy atom. The Bertz CT molecular complexity index is 1360. The minimum atomic E-state index is -0.872. The van der Waals surface area contributed by atoms with Crippen LogP contribution in [0.25, 0.3) is 0 Å². The average molecular weight is 715 g/mol. The Labute approximate surface area is 301 Å². The second-order valence-corrected chi connectivity index (χ2v) is 17.5. The van der Waals surface area contributed by atoms with Gasteiger partial charge in [-0.3, -0.25) is 4.79 Å². The van der Waals surface area contributed by atoms with E-state index in [4.69, 9.17) is 37.9 Å². The van der Waals surface area contributed by atoms with Crippen molar-refractivity contribution in [2.45, 2.75) is 195 Å². The molecule has 11 heteroatoms. The molecular formula is C40H58O11. The van der Waals surface area contributed by atoms with Gasteiger partial charge >= 0.3 is 0 Å². The highest BCUT2D eigenvalue weighted by atomic mass is 16.8. The predicted octanol–water partition coefficient (Wildman–Crippen LogP) is 4.09. The number of hydrogen-bond acceptors (Lipinski definition) is 11. The zero-order valence-electron chi connectivity index (χ0n) is 30.3. The van der Waals surface area contributed by atoms with Crippen LogP contribution in [-0.4, -0.2) is 120 Å². The number of fused-ring (bicyclic) bond motifs is 6. The Morgan fingerprint density at radius 2 is 1.49 bits per heavy atom. The highest BCUT2D eigenvalue weighted by Gasteiger charge is 2.68. The number of rotatable bonds is 3. The molecule has 0 radical (unpaired) electrons. The van der Waals surface area contributed by atoms with Crippen LogP contribution in [0.2, 0.25) is 0 Å². The third-order valence-corrected chi connectivity index (χ3v) is 14.1. The van der Waals surface area contributed by atoms with Crippen LogP contribution in [0.1, 0.15) is 97.3 Å². The molecule has 0 saturated carbocycles.